The molecule has 1 amide bonds. The number of rotatable bonds is 5. The topological polar surface area (TPSA) is 46.6 Å². The summed E-state index contributed by atoms with van der Waals surface area (Å²) in [4.78, 5) is 24.1. The normalized spacial score (nSPS) is 9.33. The van der Waals surface area contributed by atoms with Gasteiger partial charge in [-0.1, -0.05) is 5.57 Å². The molecule has 0 rings (SSSR count). The zero-order valence-corrected chi connectivity index (χ0v) is 9.87. The number of likely N-dealkylation sites (N-methyl/N-ethyl adjacent to an activating group) is 1. The summed E-state index contributed by atoms with van der Waals surface area (Å²) in [5.74, 6) is -0.347. The van der Waals surface area contributed by atoms with Gasteiger partial charge >= 0.3 is 5.97 Å². The van der Waals surface area contributed by atoms with E-state index in [0.29, 0.717) is 13.1 Å². The zero-order valence-electron chi connectivity index (χ0n) is 9.87. The van der Waals surface area contributed by atoms with Crippen molar-refractivity contribution in [3.05, 3.63) is 11.6 Å². The maximum Gasteiger partial charge on any atom is 0.307 e. The number of esters is 1. The number of allylic oxidation sites excluding steroid dienone is 1. The van der Waals surface area contributed by atoms with Crippen molar-refractivity contribution in [1.82, 2.24) is 4.90 Å². The van der Waals surface area contributed by atoms with Gasteiger partial charge in [0.2, 0.25) is 5.91 Å². The van der Waals surface area contributed by atoms with Crippen molar-refractivity contribution >= 4 is 11.9 Å². The Morgan fingerprint density at radius 2 is 1.93 bits per heavy atom. The molecule has 0 aromatic carbocycles. The molecule has 0 fully saturated rings. The van der Waals surface area contributed by atoms with Crippen molar-refractivity contribution in [3.8, 4) is 0 Å². The van der Waals surface area contributed by atoms with Crippen LogP contribution in [-0.2, 0) is 14.3 Å². The molecule has 15 heavy (non-hydrogen) atoms. The molecule has 0 unspecified atom stereocenters. The second kappa shape index (κ2) is 7.04. The standard InChI is InChI=1S/C11H19NO3/c1-5-12(7-6-11(14)15-4)10(13)8-9(2)3/h8H,5-7H2,1-4H3. The predicted octanol–water partition coefficient (Wildman–Crippen LogP) is 1.36. The number of methoxy groups -OCH3 is 1. The molecule has 0 N–H and O–H groups in total. The van der Waals surface area contributed by atoms with E-state index < -0.39 is 0 Å². The van der Waals surface area contributed by atoms with Gasteiger partial charge in [0.05, 0.1) is 13.5 Å². The molecule has 4 nitrogen and oxygen atoms in total. The Morgan fingerprint density at radius 3 is 2.33 bits per heavy atom. The van der Waals surface area contributed by atoms with E-state index in [1.165, 1.54) is 7.11 Å². The Hall–Kier alpha value is -1.32. The average molecular weight is 213 g/mol. The summed E-state index contributed by atoms with van der Waals surface area (Å²) in [6, 6.07) is 0. The van der Waals surface area contributed by atoms with Crippen LogP contribution in [0.4, 0.5) is 0 Å². The SMILES string of the molecule is CCN(CCC(=O)OC)C(=O)C=C(C)C. The molecular weight excluding hydrogens is 194 g/mol. The van der Waals surface area contributed by atoms with Crippen molar-refractivity contribution in [2.24, 2.45) is 0 Å². The van der Waals surface area contributed by atoms with E-state index >= 15 is 0 Å². The third kappa shape index (κ3) is 5.88. The van der Waals surface area contributed by atoms with Crippen LogP contribution in [0.2, 0.25) is 0 Å². The Kier molecular flexibility index (Phi) is 6.42. The van der Waals surface area contributed by atoms with E-state index in [4.69, 9.17) is 0 Å². The molecule has 0 heterocycles. The van der Waals surface area contributed by atoms with Gasteiger partial charge in [0.25, 0.3) is 0 Å². The van der Waals surface area contributed by atoms with Crippen LogP contribution in [0.25, 0.3) is 0 Å². The lowest BCUT2D eigenvalue weighted by Gasteiger charge is -2.18. The van der Waals surface area contributed by atoms with Gasteiger partial charge in [-0.15, -0.1) is 0 Å². The smallest absolute Gasteiger partial charge is 0.307 e. The number of amides is 1. The molecule has 0 aliphatic rings. The molecule has 0 bridgehead atoms. The third-order valence-corrected chi connectivity index (χ3v) is 1.92. The van der Waals surface area contributed by atoms with E-state index in [9.17, 15) is 9.59 Å². The van der Waals surface area contributed by atoms with E-state index in [-0.39, 0.29) is 18.3 Å². The van der Waals surface area contributed by atoms with Crippen LogP contribution in [0.1, 0.15) is 27.2 Å². The average Bonchev–Trinajstić information content (AvgIpc) is 2.17. The molecular formula is C11H19NO3. The van der Waals surface area contributed by atoms with E-state index in [1.807, 2.05) is 20.8 Å². The highest BCUT2D eigenvalue weighted by molar-refractivity contribution is 5.88. The predicted molar refractivity (Wildman–Crippen MR) is 58.3 cm³/mol. The molecule has 0 atom stereocenters. The van der Waals surface area contributed by atoms with Crippen LogP contribution >= 0.6 is 0 Å². The monoisotopic (exact) mass is 213 g/mol. The van der Waals surface area contributed by atoms with E-state index in [2.05, 4.69) is 4.74 Å². The minimum Gasteiger partial charge on any atom is -0.469 e. The number of hydrogen-bond donors (Lipinski definition) is 0. The van der Waals surface area contributed by atoms with Gasteiger partial charge < -0.3 is 9.64 Å². The lowest BCUT2D eigenvalue weighted by Crippen LogP contribution is -2.31. The summed E-state index contributed by atoms with van der Waals surface area (Å²) in [6.45, 7) is 6.62. The van der Waals surface area contributed by atoms with Gasteiger partial charge in [0, 0.05) is 19.2 Å². The van der Waals surface area contributed by atoms with Crippen LogP contribution in [0.5, 0.6) is 0 Å². The Morgan fingerprint density at radius 1 is 1.33 bits per heavy atom. The summed E-state index contributed by atoms with van der Waals surface area (Å²) in [5, 5.41) is 0. The van der Waals surface area contributed by atoms with Crippen molar-refractivity contribution in [1.29, 1.82) is 0 Å². The highest BCUT2D eigenvalue weighted by Crippen LogP contribution is 1.98. The number of ether oxygens (including phenoxy) is 1. The largest absolute Gasteiger partial charge is 0.469 e. The molecule has 0 saturated heterocycles. The van der Waals surface area contributed by atoms with Crippen molar-refractivity contribution in [2.45, 2.75) is 27.2 Å². The summed E-state index contributed by atoms with van der Waals surface area (Å²) in [7, 11) is 1.34. The molecule has 0 aromatic heterocycles. The highest BCUT2D eigenvalue weighted by atomic mass is 16.5. The van der Waals surface area contributed by atoms with Gasteiger partial charge in [0.1, 0.15) is 0 Å². The third-order valence-electron chi connectivity index (χ3n) is 1.92. The van der Waals surface area contributed by atoms with Gasteiger partial charge in [-0.05, 0) is 20.8 Å². The Labute approximate surface area is 90.9 Å². The Balaban J connectivity index is 4.19. The first-order chi connectivity index (χ1) is 7.01. The molecule has 0 saturated carbocycles. The van der Waals surface area contributed by atoms with Crippen LogP contribution in [0, 0.1) is 0 Å². The van der Waals surface area contributed by atoms with Crippen LogP contribution in [0.3, 0.4) is 0 Å². The summed E-state index contributed by atoms with van der Waals surface area (Å²) < 4.78 is 4.51. The van der Waals surface area contributed by atoms with Crippen LogP contribution in [-0.4, -0.2) is 37.0 Å². The molecule has 0 aliphatic heterocycles. The fourth-order valence-electron chi connectivity index (χ4n) is 1.09. The molecule has 86 valence electrons. The molecule has 4 heteroatoms. The molecule has 0 aliphatic carbocycles. The quantitative estimate of drug-likeness (QED) is 0.512. The first kappa shape index (κ1) is 13.7. The highest BCUT2D eigenvalue weighted by Gasteiger charge is 2.10. The lowest BCUT2D eigenvalue weighted by atomic mass is 10.3. The maximum atomic E-state index is 11.6. The van der Waals surface area contributed by atoms with Crippen molar-refractivity contribution in [3.63, 3.8) is 0 Å². The first-order valence-electron chi connectivity index (χ1n) is 5.01. The van der Waals surface area contributed by atoms with E-state index in [1.54, 1.807) is 11.0 Å². The van der Waals surface area contributed by atoms with Gasteiger partial charge in [-0.3, -0.25) is 9.59 Å². The van der Waals surface area contributed by atoms with Crippen LogP contribution in [0.15, 0.2) is 11.6 Å². The second-order valence-corrected chi connectivity index (χ2v) is 3.47. The van der Waals surface area contributed by atoms with Gasteiger partial charge in [0.15, 0.2) is 0 Å². The number of carbonyl (C=O) groups is 2. The van der Waals surface area contributed by atoms with E-state index in [0.717, 1.165) is 5.57 Å². The second-order valence-electron chi connectivity index (χ2n) is 3.47. The van der Waals surface area contributed by atoms with Gasteiger partial charge in [-0.25, -0.2) is 0 Å². The Bertz CT molecular complexity index is 255. The first-order valence-corrected chi connectivity index (χ1v) is 5.01. The zero-order chi connectivity index (χ0) is 11.8. The summed E-state index contributed by atoms with van der Waals surface area (Å²) in [5.41, 5.74) is 0.955. The number of nitrogens with zero attached hydrogens (tertiary/aromatic N) is 1. The van der Waals surface area contributed by atoms with Crippen molar-refractivity contribution in [2.75, 3.05) is 20.2 Å². The van der Waals surface area contributed by atoms with Crippen LogP contribution < -0.4 is 0 Å². The maximum absolute atomic E-state index is 11.6. The minimum absolute atomic E-state index is 0.0543. The fourth-order valence-corrected chi connectivity index (χ4v) is 1.09. The molecule has 0 aromatic rings. The molecule has 0 spiro atoms. The fraction of sp³-hybridized carbons (Fsp3) is 0.636. The molecule has 0 radical (unpaired) electrons. The van der Waals surface area contributed by atoms with Gasteiger partial charge in [-0.2, -0.15) is 0 Å². The minimum atomic E-state index is -0.293. The van der Waals surface area contributed by atoms with Crippen molar-refractivity contribution < 1.29 is 14.3 Å². The summed E-state index contributed by atoms with van der Waals surface area (Å²) in [6.07, 6.45) is 1.81. The summed E-state index contributed by atoms with van der Waals surface area (Å²) >= 11 is 0. The lowest BCUT2D eigenvalue weighted by molar-refractivity contribution is -0.141. The number of hydrogen-bond acceptors (Lipinski definition) is 3. The number of carbonyl (C=O) groups excluding carboxylic acids is 2.